The molecule has 1 aromatic heterocycles. The Balaban J connectivity index is 1.49. The first kappa shape index (κ1) is 17.5. The normalized spacial score (nSPS) is 15.4. The maximum absolute atomic E-state index is 6.10. The Morgan fingerprint density at radius 2 is 2.00 bits per heavy atom. The number of aromatic nitrogens is 1. The highest BCUT2D eigenvalue weighted by Gasteiger charge is 2.19. The van der Waals surface area contributed by atoms with Crippen LogP contribution in [-0.4, -0.2) is 55.6 Å². The lowest BCUT2D eigenvalue weighted by molar-refractivity contribution is 0.373. The van der Waals surface area contributed by atoms with Crippen LogP contribution in [0.4, 0.5) is 5.69 Å². The van der Waals surface area contributed by atoms with Crippen molar-refractivity contribution in [2.24, 2.45) is 4.99 Å². The number of rotatable bonds is 4. The topological polar surface area (TPSA) is 43.8 Å². The summed E-state index contributed by atoms with van der Waals surface area (Å²) in [7, 11) is 1.84. The van der Waals surface area contributed by atoms with Crippen LogP contribution < -0.4 is 10.2 Å². The Labute approximate surface area is 154 Å². The molecule has 1 N–H and O–H groups in total. The van der Waals surface area contributed by atoms with Crippen LogP contribution in [0.25, 0.3) is 0 Å². The van der Waals surface area contributed by atoms with E-state index >= 15 is 0 Å². The van der Waals surface area contributed by atoms with E-state index in [0.717, 1.165) is 55.8 Å². The van der Waals surface area contributed by atoms with Crippen LogP contribution in [-0.2, 0) is 6.42 Å². The van der Waals surface area contributed by atoms with Gasteiger partial charge in [0.25, 0.3) is 0 Å². The average molecular weight is 358 g/mol. The lowest BCUT2D eigenvalue weighted by atomic mass is 10.2. The van der Waals surface area contributed by atoms with Crippen molar-refractivity contribution in [1.29, 1.82) is 0 Å². The highest BCUT2D eigenvalue weighted by molar-refractivity contribution is 6.30. The highest BCUT2D eigenvalue weighted by atomic mass is 35.5. The summed E-state index contributed by atoms with van der Waals surface area (Å²) in [5.41, 5.74) is 2.28. The molecule has 1 aromatic carbocycles. The van der Waals surface area contributed by atoms with Crippen molar-refractivity contribution in [3.63, 3.8) is 0 Å². The second-order valence-electron chi connectivity index (χ2n) is 6.00. The molecular weight excluding hydrogens is 334 g/mol. The maximum Gasteiger partial charge on any atom is 0.193 e. The van der Waals surface area contributed by atoms with Crippen molar-refractivity contribution >= 4 is 23.2 Å². The van der Waals surface area contributed by atoms with E-state index in [9.17, 15) is 0 Å². The number of aliphatic imine (C=N–C) groups is 1. The minimum atomic E-state index is 0.784. The van der Waals surface area contributed by atoms with Crippen LogP contribution in [0.5, 0.6) is 0 Å². The number of nitrogens with zero attached hydrogens (tertiary/aromatic N) is 4. The average Bonchev–Trinajstić information content (AvgIpc) is 2.66. The van der Waals surface area contributed by atoms with E-state index in [1.165, 1.54) is 5.69 Å². The van der Waals surface area contributed by atoms with Crippen LogP contribution in [0.2, 0.25) is 5.02 Å². The van der Waals surface area contributed by atoms with Crippen molar-refractivity contribution < 1.29 is 0 Å². The van der Waals surface area contributed by atoms with E-state index in [2.05, 4.69) is 31.2 Å². The molecule has 1 fully saturated rings. The Morgan fingerprint density at radius 1 is 1.16 bits per heavy atom. The standard InChI is InChI=1S/C19H24ClN5/c1-21-19(23-10-8-17-6-2-3-9-22-17)25-13-11-24(12-14-25)18-7-4-5-16(20)15-18/h2-7,9,15H,8,10-14H2,1H3,(H,21,23). The molecule has 5 nitrogen and oxygen atoms in total. The summed E-state index contributed by atoms with van der Waals surface area (Å²) in [6, 6.07) is 14.1. The molecule has 0 radical (unpaired) electrons. The van der Waals surface area contributed by atoms with Gasteiger partial charge < -0.3 is 15.1 Å². The van der Waals surface area contributed by atoms with Gasteiger partial charge in [-0.15, -0.1) is 0 Å². The summed E-state index contributed by atoms with van der Waals surface area (Å²) in [6.07, 6.45) is 2.72. The second-order valence-corrected chi connectivity index (χ2v) is 6.44. The summed E-state index contributed by atoms with van der Waals surface area (Å²) in [4.78, 5) is 13.4. The Morgan fingerprint density at radius 3 is 2.68 bits per heavy atom. The summed E-state index contributed by atoms with van der Waals surface area (Å²) in [5, 5.41) is 4.23. The number of nitrogens with one attached hydrogen (secondary N) is 1. The molecule has 0 saturated carbocycles. The van der Waals surface area contributed by atoms with Crippen LogP contribution in [0, 0.1) is 0 Å². The first-order valence-electron chi connectivity index (χ1n) is 8.62. The van der Waals surface area contributed by atoms with Gasteiger partial charge in [0.2, 0.25) is 0 Å². The number of hydrogen-bond acceptors (Lipinski definition) is 3. The molecule has 0 bridgehead atoms. The van der Waals surface area contributed by atoms with E-state index in [1.54, 1.807) is 0 Å². The van der Waals surface area contributed by atoms with Gasteiger partial charge in [-0.05, 0) is 30.3 Å². The minimum Gasteiger partial charge on any atom is -0.368 e. The largest absolute Gasteiger partial charge is 0.368 e. The van der Waals surface area contributed by atoms with Gasteiger partial charge in [0.15, 0.2) is 5.96 Å². The van der Waals surface area contributed by atoms with Gasteiger partial charge in [-0.3, -0.25) is 9.98 Å². The van der Waals surface area contributed by atoms with Gasteiger partial charge in [0.05, 0.1) is 0 Å². The predicted molar refractivity (Wildman–Crippen MR) is 105 cm³/mol. The number of piperazine rings is 1. The minimum absolute atomic E-state index is 0.784. The molecule has 1 aliphatic heterocycles. The van der Waals surface area contributed by atoms with Crippen LogP contribution in [0.3, 0.4) is 0 Å². The lowest BCUT2D eigenvalue weighted by Crippen LogP contribution is -2.52. The molecule has 1 saturated heterocycles. The van der Waals surface area contributed by atoms with Gasteiger partial charge >= 0.3 is 0 Å². The summed E-state index contributed by atoms with van der Waals surface area (Å²) < 4.78 is 0. The molecule has 0 unspecified atom stereocenters. The van der Waals surface area contributed by atoms with Crippen molar-refractivity contribution in [2.75, 3.05) is 44.7 Å². The molecule has 25 heavy (non-hydrogen) atoms. The second kappa shape index (κ2) is 8.72. The summed E-state index contributed by atoms with van der Waals surface area (Å²) in [5.74, 6) is 0.960. The van der Waals surface area contributed by atoms with Crippen LogP contribution >= 0.6 is 11.6 Å². The van der Waals surface area contributed by atoms with Gasteiger partial charge in [0.1, 0.15) is 0 Å². The van der Waals surface area contributed by atoms with Gasteiger partial charge in [0, 0.05) is 68.8 Å². The zero-order valence-corrected chi connectivity index (χ0v) is 15.3. The molecule has 132 valence electrons. The fourth-order valence-electron chi connectivity index (χ4n) is 3.03. The molecule has 0 aliphatic carbocycles. The van der Waals surface area contributed by atoms with E-state index in [1.807, 2.05) is 49.6 Å². The SMILES string of the molecule is CN=C(NCCc1ccccn1)N1CCN(c2cccc(Cl)c2)CC1. The lowest BCUT2D eigenvalue weighted by Gasteiger charge is -2.37. The number of anilines is 1. The number of benzene rings is 1. The molecule has 0 spiro atoms. The molecule has 3 rings (SSSR count). The fraction of sp³-hybridized carbons (Fsp3) is 0.368. The maximum atomic E-state index is 6.10. The Kier molecular flexibility index (Phi) is 6.12. The third kappa shape index (κ3) is 4.86. The van der Waals surface area contributed by atoms with Crippen LogP contribution in [0.1, 0.15) is 5.69 Å². The summed E-state index contributed by atoms with van der Waals surface area (Å²) >= 11 is 6.10. The van der Waals surface area contributed by atoms with Crippen molar-refractivity contribution in [3.8, 4) is 0 Å². The number of guanidine groups is 1. The molecule has 0 atom stereocenters. The number of halogens is 1. The van der Waals surface area contributed by atoms with Crippen molar-refractivity contribution in [1.82, 2.24) is 15.2 Å². The predicted octanol–water partition coefficient (Wildman–Crippen LogP) is 2.68. The van der Waals surface area contributed by atoms with Crippen molar-refractivity contribution in [3.05, 3.63) is 59.4 Å². The zero-order valence-electron chi connectivity index (χ0n) is 14.5. The Bertz CT molecular complexity index is 696. The van der Waals surface area contributed by atoms with E-state index < -0.39 is 0 Å². The van der Waals surface area contributed by atoms with E-state index in [0.29, 0.717) is 0 Å². The zero-order chi connectivity index (χ0) is 17.5. The number of hydrogen-bond donors (Lipinski definition) is 1. The van der Waals surface area contributed by atoms with E-state index in [-0.39, 0.29) is 0 Å². The fourth-order valence-corrected chi connectivity index (χ4v) is 3.21. The van der Waals surface area contributed by atoms with Gasteiger partial charge in [-0.1, -0.05) is 23.7 Å². The highest BCUT2D eigenvalue weighted by Crippen LogP contribution is 2.20. The molecule has 2 heterocycles. The molecule has 2 aromatic rings. The smallest absolute Gasteiger partial charge is 0.193 e. The molecule has 0 amide bonds. The molecular formula is C19H24ClN5. The quantitative estimate of drug-likeness (QED) is 0.675. The van der Waals surface area contributed by atoms with Crippen molar-refractivity contribution in [2.45, 2.75) is 6.42 Å². The number of pyridine rings is 1. The van der Waals surface area contributed by atoms with Gasteiger partial charge in [-0.2, -0.15) is 0 Å². The third-order valence-corrected chi connectivity index (χ3v) is 4.59. The van der Waals surface area contributed by atoms with Gasteiger partial charge in [-0.25, -0.2) is 0 Å². The molecule has 6 heteroatoms. The summed E-state index contributed by atoms with van der Waals surface area (Å²) in [6.45, 7) is 4.63. The third-order valence-electron chi connectivity index (χ3n) is 4.35. The first-order chi connectivity index (χ1) is 12.3. The molecule has 1 aliphatic rings. The first-order valence-corrected chi connectivity index (χ1v) is 9.00. The monoisotopic (exact) mass is 357 g/mol. The van der Waals surface area contributed by atoms with Crippen LogP contribution in [0.15, 0.2) is 53.7 Å². The van der Waals surface area contributed by atoms with E-state index in [4.69, 9.17) is 11.6 Å². The Hall–Kier alpha value is -2.27.